The number of hydrogen-bond acceptors (Lipinski definition) is 4. The molecule has 1 N–H and O–H groups in total. The highest BCUT2D eigenvalue weighted by molar-refractivity contribution is 6.05. The Balaban J connectivity index is 1.39. The number of likely N-dealkylation sites (N-methyl/N-ethyl adjacent to an activating group) is 1. The largest absolute Gasteiger partial charge is 0.497 e. The molecule has 5 rings (SSSR count). The lowest BCUT2D eigenvalue weighted by Gasteiger charge is -2.24. The van der Waals surface area contributed by atoms with Crippen LogP contribution in [0.2, 0.25) is 0 Å². The van der Waals surface area contributed by atoms with E-state index in [0.717, 1.165) is 6.42 Å². The smallest absolute Gasteiger partial charge is 0.243 e. The number of carbonyl (C=O) groups is 3. The summed E-state index contributed by atoms with van der Waals surface area (Å²) >= 11 is 0. The van der Waals surface area contributed by atoms with Gasteiger partial charge in [0.2, 0.25) is 11.8 Å². The molecule has 4 bridgehead atoms. The van der Waals surface area contributed by atoms with E-state index in [1.807, 2.05) is 6.92 Å². The van der Waals surface area contributed by atoms with Crippen LogP contribution in [0.5, 0.6) is 5.75 Å². The topological polar surface area (TPSA) is 75.7 Å². The number of methoxy groups -OCH3 is 1. The molecule has 132 valence electrons. The molecule has 0 aliphatic heterocycles. The van der Waals surface area contributed by atoms with E-state index in [4.69, 9.17) is 4.74 Å². The first-order chi connectivity index (χ1) is 12.0. The van der Waals surface area contributed by atoms with Crippen LogP contribution in [0, 0.1) is 23.2 Å². The second-order valence-electron chi connectivity index (χ2n) is 7.26. The number of nitrogens with one attached hydrogen (secondary N) is 1. The second kappa shape index (κ2) is 5.58. The third kappa shape index (κ3) is 2.27. The van der Waals surface area contributed by atoms with Gasteiger partial charge in [0, 0.05) is 24.1 Å². The molecule has 6 nitrogen and oxygen atoms in total. The van der Waals surface area contributed by atoms with Crippen molar-refractivity contribution in [2.24, 2.45) is 23.2 Å². The Labute approximate surface area is 146 Å². The van der Waals surface area contributed by atoms with Gasteiger partial charge >= 0.3 is 0 Å². The predicted molar refractivity (Wildman–Crippen MR) is 91.0 cm³/mol. The molecule has 25 heavy (non-hydrogen) atoms. The van der Waals surface area contributed by atoms with Crippen LogP contribution in [-0.4, -0.2) is 42.7 Å². The molecule has 4 saturated carbocycles. The van der Waals surface area contributed by atoms with Crippen LogP contribution in [0.4, 0.5) is 5.69 Å². The molecule has 4 unspecified atom stereocenters. The summed E-state index contributed by atoms with van der Waals surface area (Å²) in [5.74, 6) is 1.00. The Morgan fingerprint density at radius 1 is 1.32 bits per heavy atom. The van der Waals surface area contributed by atoms with Crippen molar-refractivity contribution in [1.82, 2.24) is 4.90 Å². The fourth-order valence-corrected chi connectivity index (χ4v) is 4.91. The van der Waals surface area contributed by atoms with Gasteiger partial charge in [0.05, 0.1) is 19.1 Å². The number of anilines is 1. The zero-order valence-electron chi connectivity index (χ0n) is 14.5. The fraction of sp³-hybridized carbons (Fsp3) is 0.526. The van der Waals surface area contributed by atoms with E-state index in [1.54, 1.807) is 36.3 Å². The van der Waals surface area contributed by atoms with Crippen LogP contribution in [0.1, 0.15) is 19.8 Å². The minimum Gasteiger partial charge on any atom is -0.497 e. The SMILES string of the molecule is CCN(CC(=O)Nc1ccc(OC)cc1)C(=O)C12CC3CC1C2C3=O. The molecule has 6 heteroatoms. The number of ketones is 1. The molecule has 4 atom stereocenters. The Bertz CT molecular complexity index is 744. The number of carbonyl (C=O) groups excluding carboxylic acids is 3. The Hall–Kier alpha value is -2.37. The molecule has 0 heterocycles. The molecule has 4 fully saturated rings. The van der Waals surface area contributed by atoms with E-state index in [1.165, 1.54) is 0 Å². The summed E-state index contributed by atoms with van der Waals surface area (Å²) in [4.78, 5) is 39.0. The summed E-state index contributed by atoms with van der Waals surface area (Å²) in [5.41, 5.74) is 0.188. The maximum Gasteiger partial charge on any atom is 0.243 e. The summed E-state index contributed by atoms with van der Waals surface area (Å²) in [5, 5.41) is 2.80. The minimum absolute atomic E-state index is 0.0109. The standard InChI is InChI=1S/C19H22N2O4/c1-3-21(10-15(22)20-12-4-6-13(25-2)7-5-12)18(24)19-9-11-8-14(19)16(19)17(11)23/h4-7,11,14,16H,3,8-10H2,1-2H3,(H,20,22). The lowest BCUT2D eigenvalue weighted by atomic mass is 10.0. The quantitative estimate of drug-likeness (QED) is 0.854. The average molecular weight is 342 g/mol. The lowest BCUT2D eigenvalue weighted by molar-refractivity contribution is -0.140. The number of ether oxygens (including phenoxy) is 1. The van der Waals surface area contributed by atoms with Crippen molar-refractivity contribution in [3.63, 3.8) is 0 Å². The highest BCUT2D eigenvalue weighted by Crippen LogP contribution is 2.77. The lowest BCUT2D eigenvalue weighted by Crippen LogP contribution is -2.42. The molecule has 0 radical (unpaired) electrons. The van der Waals surface area contributed by atoms with Crippen molar-refractivity contribution in [3.05, 3.63) is 24.3 Å². The normalized spacial score (nSPS) is 31.0. The van der Waals surface area contributed by atoms with Crippen molar-refractivity contribution in [1.29, 1.82) is 0 Å². The first kappa shape index (κ1) is 16.1. The van der Waals surface area contributed by atoms with Gasteiger partial charge < -0.3 is 15.0 Å². The molecule has 2 amide bonds. The van der Waals surface area contributed by atoms with E-state index in [-0.39, 0.29) is 41.9 Å². The van der Waals surface area contributed by atoms with Crippen LogP contribution in [0.3, 0.4) is 0 Å². The minimum atomic E-state index is -0.474. The number of nitrogens with zero attached hydrogens (tertiary/aromatic N) is 1. The van der Waals surface area contributed by atoms with Crippen molar-refractivity contribution in [2.45, 2.75) is 19.8 Å². The molecule has 0 spiro atoms. The Morgan fingerprint density at radius 2 is 2.04 bits per heavy atom. The number of amides is 2. The number of hydrogen-bond donors (Lipinski definition) is 1. The first-order valence-corrected chi connectivity index (χ1v) is 8.78. The summed E-state index contributed by atoms with van der Waals surface area (Å²) in [7, 11) is 1.58. The summed E-state index contributed by atoms with van der Waals surface area (Å²) in [6.45, 7) is 2.35. The first-order valence-electron chi connectivity index (χ1n) is 8.78. The van der Waals surface area contributed by atoms with E-state index in [0.29, 0.717) is 24.4 Å². The van der Waals surface area contributed by atoms with Gasteiger partial charge in [-0.1, -0.05) is 0 Å². The van der Waals surface area contributed by atoms with Gasteiger partial charge in [-0.05, 0) is 49.9 Å². The summed E-state index contributed by atoms with van der Waals surface area (Å²) < 4.78 is 5.09. The second-order valence-corrected chi connectivity index (χ2v) is 7.26. The van der Waals surface area contributed by atoms with Crippen molar-refractivity contribution >= 4 is 23.3 Å². The summed E-state index contributed by atoms with van der Waals surface area (Å²) in [6.07, 6.45) is 1.56. The van der Waals surface area contributed by atoms with Gasteiger partial charge in [0.25, 0.3) is 0 Å². The fourth-order valence-electron chi connectivity index (χ4n) is 4.91. The number of rotatable bonds is 6. The van der Waals surface area contributed by atoms with Crippen molar-refractivity contribution in [2.75, 3.05) is 25.5 Å². The van der Waals surface area contributed by atoms with Gasteiger partial charge in [0.15, 0.2) is 0 Å². The predicted octanol–water partition coefficient (Wildman–Crippen LogP) is 1.71. The van der Waals surface area contributed by atoms with Crippen LogP contribution >= 0.6 is 0 Å². The maximum absolute atomic E-state index is 13.0. The van der Waals surface area contributed by atoms with Crippen LogP contribution in [0.25, 0.3) is 0 Å². The van der Waals surface area contributed by atoms with E-state index in [2.05, 4.69) is 5.32 Å². The van der Waals surface area contributed by atoms with Gasteiger partial charge in [-0.25, -0.2) is 0 Å². The van der Waals surface area contributed by atoms with Crippen molar-refractivity contribution in [3.8, 4) is 5.75 Å². The highest BCUT2D eigenvalue weighted by atomic mass is 16.5. The van der Waals surface area contributed by atoms with Crippen LogP contribution in [-0.2, 0) is 14.4 Å². The van der Waals surface area contributed by atoms with Gasteiger partial charge in [-0.2, -0.15) is 0 Å². The molecule has 4 aliphatic carbocycles. The van der Waals surface area contributed by atoms with Gasteiger partial charge in [-0.15, -0.1) is 0 Å². The number of Topliss-reactive ketones (excluding diaryl/α,β-unsaturated/α-hetero) is 1. The molecular weight excluding hydrogens is 320 g/mol. The third-order valence-electron chi connectivity index (χ3n) is 6.12. The molecule has 0 saturated heterocycles. The maximum atomic E-state index is 13.0. The molecule has 1 aromatic rings. The monoisotopic (exact) mass is 342 g/mol. The van der Waals surface area contributed by atoms with E-state index in [9.17, 15) is 14.4 Å². The number of benzene rings is 1. The average Bonchev–Trinajstić information content (AvgIpc) is 2.90. The van der Waals surface area contributed by atoms with E-state index >= 15 is 0 Å². The Kier molecular flexibility index (Phi) is 3.60. The van der Waals surface area contributed by atoms with Crippen LogP contribution in [0.15, 0.2) is 24.3 Å². The van der Waals surface area contributed by atoms with Gasteiger partial charge in [-0.3, -0.25) is 14.4 Å². The highest BCUT2D eigenvalue weighted by Gasteiger charge is 2.82. The molecule has 0 aromatic heterocycles. The third-order valence-corrected chi connectivity index (χ3v) is 6.12. The van der Waals surface area contributed by atoms with E-state index < -0.39 is 5.41 Å². The Morgan fingerprint density at radius 3 is 2.52 bits per heavy atom. The zero-order valence-corrected chi connectivity index (χ0v) is 14.5. The van der Waals surface area contributed by atoms with Crippen LogP contribution < -0.4 is 10.1 Å². The van der Waals surface area contributed by atoms with Crippen molar-refractivity contribution < 1.29 is 19.1 Å². The summed E-state index contributed by atoms with van der Waals surface area (Å²) in [6, 6.07) is 7.05. The molecule has 4 aliphatic rings. The van der Waals surface area contributed by atoms with Gasteiger partial charge in [0.1, 0.15) is 11.5 Å². The molecule has 1 aromatic carbocycles. The zero-order chi connectivity index (χ0) is 17.8. The molecular formula is C19H22N2O4.